The molecule has 0 aliphatic carbocycles. The topological polar surface area (TPSA) is 12.0 Å². The van der Waals surface area contributed by atoms with Crippen LogP contribution in [0.5, 0.6) is 0 Å². The van der Waals surface area contributed by atoms with Crippen LogP contribution < -0.4 is 5.32 Å². The first-order valence-electron chi connectivity index (χ1n) is 5.02. The Morgan fingerprint density at radius 2 is 1.73 bits per heavy atom. The first kappa shape index (κ1) is 13.5. The van der Waals surface area contributed by atoms with Crippen molar-refractivity contribution in [3.63, 3.8) is 0 Å². The predicted octanol–water partition coefficient (Wildman–Crippen LogP) is 3.20. The molecule has 0 rings (SSSR count). The molecule has 1 unspecified atom stereocenters. The van der Waals surface area contributed by atoms with Gasteiger partial charge in [0.2, 0.25) is 0 Å². The normalized spacial score (nSPS) is 11.7. The summed E-state index contributed by atoms with van der Waals surface area (Å²) in [5.74, 6) is 0. The fourth-order valence-corrected chi connectivity index (χ4v) is 1.00. The molecule has 0 radical (unpaired) electrons. The molecule has 0 aliphatic rings. The number of rotatable bonds is 5. The zero-order valence-corrected chi connectivity index (χ0v) is 8.91. The molecular weight excluding hydrogens is 134 g/mol. The lowest BCUT2D eigenvalue weighted by Crippen LogP contribution is -2.23. The van der Waals surface area contributed by atoms with Gasteiger partial charge in [0.25, 0.3) is 0 Å². The van der Waals surface area contributed by atoms with Crippen molar-refractivity contribution in [3.8, 4) is 0 Å². The number of nitrogens with one attached hydrogen (secondary N) is 1. The van der Waals surface area contributed by atoms with Crippen molar-refractivity contribution < 1.29 is 0 Å². The molecule has 0 spiro atoms. The van der Waals surface area contributed by atoms with Gasteiger partial charge in [-0.1, -0.05) is 40.5 Å². The summed E-state index contributed by atoms with van der Waals surface area (Å²) < 4.78 is 0. The predicted molar refractivity (Wildman–Crippen MR) is 54.0 cm³/mol. The van der Waals surface area contributed by atoms with Gasteiger partial charge >= 0.3 is 0 Å². The molecule has 0 saturated carbocycles. The van der Waals surface area contributed by atoms with Crippen molar-refractivity contribution >= 4 is 0 Å². The minimum atomic E-state index is 0.755. The van der Waals surface area contributed by atoms with Gasteiger partial charge in [-0.15, -0.1) is 0 Å². The highest BCUT2D eigenvalue weighted by atomic mass is 14.9. The van der Waals surface area contributed by atoms with E-state index in [1.807, 2.05) is 20.9 Å². The summed E-state index contributed by atoms with van der Waals surface area (Å²) in [6, 6.07) is 0.755. The molecule has 70 valence electrons. The Bertz CT molecular complexity index is 48.8. The van der Waals surface area contributed by atoms with E-state index in [1.54, 1.807) is 0 Å². The summed E-state index contributed by atoms with van der Waals surface area (Å²) >= 11 is 0. The smallest absolute Gasteiger partial charge is 0.00614 e. The van der Waals surface area contributed by atoms with E-state index in [4.69, 9.17) is 0 Å². The second-order valence-corrected chi connectivity index (χ2v) is 2.54. The van der Waals surface area contributed by atoms with Gasteiger partial charge in [0.15, 0.2) is 0 Å². The van der Waals surface area contributed by atoms with Gasteiger partial charge in [-0.3, -0.25) is 0 Å². The van der Waals surface area contributed by atoms with Gasteiger partial charge in [0, 0.05) is 6.04 Å². The molecule has 11 heavy (non-hydrogen) atoms. The molecule has 1 N–H and O–H groups in total. The summed E-state index contributed by atoms with van der Waals surface area (Å²) in [7, 11) is 2.05. The van der Waals surface area contributed by atoms with E-state index < -0.39 is 0 Å². The van der Waals surface area contributed by atoms with Crippen LogP contribution in [0.15, 0.2) is 0 Å². The molecule has 0 bridgehead atoms. The number of hydrogen-bond donors (Lipinski definition) is 1. The van der Waals surface area contributed by atoms with Crippen LogP contribution in [0.1, 0.15) is 53.4 Å². The molecular formula is C10H25N. The Balaban J connectivity index is 0. The van der Waals surface area contributed by atoms with E-state index in [0.29, 0.717) is 0 Å². The molecule has 0 aliphatic heterocycles. The maximum Gasteiger partial charge on any atom is 0.00614 e. The van der Waals surface area contributed by atoms with Crippen molar-refractivity contribution in [2.45, 2.75) is 59.4 Å². The third-order valence-corrected chi connectivity index (χ3v) is 1.81. The molecule has 0 aromatic heterocycles. The monoisotopic (exact) mass is 159 g/mol. The second-order valence-electron chi connectivity index (χ2n) is 2.54. The molecule has 0 fully saturated rings. The van der Waals surface area contributed by atoms with Crippen molar-refractivity contribution in [1.29, 1.82) is 0 Å². The zero-order chi connectivity index (χ0) is 9.11. The van der Waals surface area contributed by atoms with Gasteiger partial charge in [0.05, 0.1) is 0 Å². The molecule has 0 amide bonds. The molecule has 0 aromatic rings. The molecule has 0 heterocycles. The van der Waals surface area contributed by atoms with Crippen LogP contribution in [0.2, 0.25) is 0 Å². The molecule has 0 aromatic carbocycles. The summed E-state index contributed by atoms with van der Waals surface area (Å²) in [4.78, 5) is 0. The highest BCUT2D eigenvalue weighted by Crippen LogP contribution is 2.02. The SMILES string of the molecule is CC.CCCCC(CC)NC. The van der Waals surface area contributed by atoms with Crippen LogP contribution in [0, 0.1) is 0 Å². The van der Waals surface area contributed by atoms with Crippen molar-refractivity contribution in [2.75, 3.05) is 7.05 Å². The van der Waals surface area contributed by atoms with E-state index in [-0.39, 0.29) is 0 Å². The Kier molecular flexibility index (Phi) is 15.5. The molecule has 1 atom stereocenters. The third kappa shape index (κ3) is 9.96. The molecule has 0 saturated heterocycles. The van der Waals surface area contributed by atoms with Crippen LogP contribution in [0.4, 0.5) is 0 Å². The third-order valence-electron chi connectivity index (χ3n) is 1.81. The number of hydrogen-bond acceptors (Lipinski definition) is 1. The van der Waals surface area contributed by atoms with Gasteiger partial charge in [-0.25, -0.2) is 0 Å². The Morgan fingerprint density at radius 3 is 2.00 bits per heavy atom. The largest absolute Gasteiger partial charge is 0.317 e. The maximum atomic E-state index is 3.29. The van der Waals surface area contributed by atoms with E-state index in [0.717, 1.165) is 6.04 Å². The van der Waals surface area contributed by atoms with Crippen LogP contribution in [0.3, 0.4) is 0 Å². The quantitative estimate of drug-likeness (QED) is 0.649. The van der Waals surface area contributed by atoms with Crippen molar-refractivity contribution in [2.24, 2.45) is 0 Å². The van der Waals surface area contributed by atoms with E-state index in [2.05, 4.69) is 19.2 Å². The van der Waals surface area contributed by atoms with Gasteiger partial charge in [0.1, 0.15) is 0 Å². The van der Waals surface area contributed by atoms with Gasteiger partial charge in [-0.2, -0.15) is 0 Å². The summed E-state index contributed by atoms with van der Waals surface area (Å²) in [5, 5.41) is 3.29. The standard InChI is InChI=1S/C8H19N.C2H6/c1-4-6-7-8(5-2)9-3;1-2/h8-9H,4-7H2,1-3H3;1-2H3. The molecule has 1 heteroatoms. The lowest BCUT2D eigenvalue weighted by molar-refractivity contribution is 0.488. The summed E-state index contributed by atoms with van der Waals surface area (Å²) in [6.07, 6.45) is 5.28. The van der Waals surface area contributed by atoms with Crippen molar-refractivity contribution in [1.82, 2.24) is 5.32 Å². The average molecular weight is 159 g/mol. The number of unbranched alkanes of at least 4 members (excludes halogenated alkanes) is 1. The van der Waals surface area contributed by atoms with Crippen LogP contribution in [-0.4, -0.2) is 13.1 Å². The first-order chi connectivity index (χ1) is 5.35. The van der Waals surface area contributed by atoms with E-state index in [9.17, 15) is 0 Å². The summed E-state index contributed by atoms with van der Waals surface area (Å²) in [6.45, 7) is 8.47. The lowest BCUT2D eigenvalue weighted by Gasteiger charge is -2.11. The Hall–Kier alpha value is -0.0400. The Labute approximate surface area is 72.6 Å². The van der Waals surface area contributed by atoms with Crippen LogP contribution in [-0.2, 0) is 0 Å². The minimum Gasteiger partial charge on any atom is -0.317 e. The highest BCUT2D eigenvalue weighted by molar-refractivity contribution is 4.60. The first-order valence-corrected chi connectivity index (χ1v) is 5.02. The lowest BCUT2D eigenvalue weighted by atomic mass is 10.1. The fraction of sp³-hybridized carbons (Fsp3) is 1.00. The van der Waals surface area contributed by atoms with E-state index >= 15 is 0 Å². The highest BCUT2D eigenvalue weighted by Gasteiger charge is 1.99. The van der Waals surface area contributed by atoms with Crippen LogP contribution in [0.25, 0.3) is 0 Å². The second kappa shape index (κ2) is 12.6. The zero-order valence-electron chi connectivity index (χ0n) is 8.91. The fourth-order valence-electron chi connectivity index (χ4n) is 1.00. The van der Waals surface area contributed by atoms with E-state index in [1.165, 1.54) is 25.7 Å². The Morgan fingerprint density at radius 1 is 1.18 bits per heavy atom. The maximum absolute atomic E-state index is 3.29. The average Bonchev–Trinajstić information content (AvgIpc) is 2.10. The van der Waals surface area contributed by atoms with Gasteiger partial charge < -0.3 is 5.32 Å². The van der Waals surface area contributed by atoms with Crippen molar-refractivity contribution in [3.05, 3.63) is 0 Å². The minimum absolute atomic E-state index is 0.755. The summed E-state index contributed by atoms with van der Waals surface area (Å²) in [5.41, 5.74) is 0. The van der Waals surface area contributed by atoms with Gasteiger partial charge in [-0.05, 0) is 19.9 Å². The van der Waals surface area contributed by atoms with Crippen LogP contribution >= 0.6 is 0 Å². The molecule has 1 nitrogen and oxygen atoms in total.